The first-order valence-electron chi connectivity index (χ1n) is 9.62. The zero-order valence-electron chi connectivity index (χ0n) is 16.1. The molecule has 2 saturated heterocycles. The smallest absolute Gasteiger partial charge is 0.161 e. The molecule has 4 bridgehead atoms. The van der Waals surface area contributed by atoms with Crippen LogP contribution in [-0.4, -0.2) is 25.9 Å². The molecule has 2 heterocycles. The van der Waals surface area contributed by atoms with E-state index in [9.17, 15) is 0 Å². The Morgan fingerprint density at radius 3 is 2.48 bits per heavy atom. The zero-order chi connectivity index (χ0) is 17.8. The normalized spacial score (nSPS) is 39.8. The second-order valence-corrected chi connectivity index (χ2v) is 8.66. The molecule has 3 fully saturated rings. The van der Waals surface area contributed by atoms with Crippen LogP contribution in [0, 0.1) is 11.8 Å². The number of ether oxygens (including phenoxy) is 2. The maximum absolute atomic E-state index is 6.27. The Morgan fingerprint density at radius 2 is 1.76 bits per heavy atom. The lowest BCUT2D eigenvalue weighted by Gasteiger charge is -2.55. The van der Waals surface area contributed by atoms with Gasteiger partial charge in [-0.15, -0.1) is 0 Å². The largest absolute Gasteiger partial charge is 0.493 e. The Hall–Kier alpha value is -1.26. The number of hydrogen-bond acceptors (Lipinski definition) is 4. The monoisotopic (exact) mass is 345 g/mol. The van der Waals surface area contributed by atoms with Crippen LogP contribution in [0.2, 0.25) is 0 Å². The molecule has 138 valence electrons. The van der Waals surface area contributed by atoms with Crippen molar-refractivity contribution in [3.8, 4) is 11.5 Å². The Kier molecular flexibility index (Phi) is 4.04. The topological polar surface area (TPSA) is 39.7 Å². The molecule has 1 N–H and O–H groups in total. The number of nitrogens with one attached hydrogen (secondary N) is 1. The van der Waals surface area contributed by atoms with Crippen LogP contribution in [0.4, 0.5) is 0 Å². The molecule has 5 rings (SSSR count). The van der Waals surface area contributed by atoms with Gasteiger partial charge in [0.2, 0.25) is 0 Å². The van der Waals surface area contributed by atoms with E-state index in [1.807, 2.05) is 0 Å². The van der Waals surface area contributed by atoms with Crippen molar-refractivity contribution < 1.29 is 14.3 Å². The molecule has 25 heavy (non-hydrogen) atoms. The molecule has 2 aliphatic carbocycles. The summed E-state index contributed by atoms with van der Waals surface area (Å²) in [6.45, 7) is 7.08. The summed E-state index contributed by atoms with van der Waals surface area (Å²) in [5.74, 6) is 2.77. The Labute approximate surface area is 151 Å². The van der Waals surface area contributed by atoms with Gasteiger partial charge in [0, 0.05) is 11.5 Å². The summed E-state index contributed by atoms with van der Waals surface area (Å²) in [7, 11) is 3.44. The quantitative estimate of drug-likeness (QED) is 0.879. The summed E-state index contributed by atoms with van der Waals surface area (Å²) in [6.07, 6.45) is 5.84. The van der Waals surface area contributed by atoms with E-state index in [0.29, 0.717) is 17.9 Å². The molecule has 4 nitrogen and oxygen atoms in total. The lowest BCUT2D eigenvalue weighted by Crippen LogP contribution is -2.64. The third-order valence-electron chi connectivity index (χ3n) is 7.44. The first-order valence-corrected chi connectivity index (χ1v) is 9.62. The molecule has 4 heteroatoms. The fourth-order valence-electron chi connectivity index (χ4n) is 5.60. The van der Waals surface area contributed by atoms with Gasteiger partial charge in [-0.3, -0.25) is 4.84 Å². The van der Waals surface area contributed by atoms with Gasteiger partial charge in [0.05, 0.1) is 19.8 Å². The van der Waals surface area contributed by atoms with Gasteiger partial charge >= 0.3 is 0 Å². The van der Waals surface area contributed by atoms with Crippen LogP contribution in [-0.2, 0) is 16.7 Å². The third-order valence-corrected chi connectivity index (χ3v) is 7.44. The molecule has 0 aromatic heterocycles. The zero-order valence-corrected chi connectivity index (χ0v) is 16.1. The van der Waals surface area contributed by atoms with Crippen molar-refractivity contribution in [3.05, 3.63) is 23.3 Å². The minimum absolute atomic E-state index is 0.0533. The summed E-state index contributed by atoms with van der Waals surface area (Å²) >= 11 is 0. The van der Waals surface area contributed by atoms with E-state index in [1.165, 1.54) is 30.4 Å². The first-order chi connectivity index (χ1) is 11.9. The van der Waals surface area contributed by atoms with Gasteiger partial charge in [0.1, 0.15) is 0 Å². The average Bonchev–Trinajstić information content (AvgIpc) is 2.69. The lowest BCUT2D eigenvalue weighted by molar-refractivity contribution is -0.209. The van der Waals surface area contributed by atoms with E-state index >= 15 is 0 Å². The highest BCUT2D eigenvalue weighted by molar-refractivity contribution is 5.52. The van der Waals surface area contributed by atoms with E-state index in [0.717, 1.165) is 24.3 Å². The number of benzene rings is 1. The molecule has 1 saturated carbocycles. The van der Waals surface area contributed by atoms with Gasteiger partial charge in [-0.1, -0.05) is 26.7 Å². The van der Waals surface area contributed by atoms with E-state index in [1.54, 1.807) is 14.2 Å². The Morgan fingerprint density at radius 1 is 1.08 bits per heavy atom. The van der Waals surface area contributed by atoms with Crippen LogP contribution in [0.3, 0.4) is 0 Å². The predicted octanol–water partition coefficient (Wildman–Crippen LogP) is 4.01. The molecule has 1 aromatic rings. The maximum atomic E-state index is 6.27. The van der Waals surface area contributed by atoms with Crippen LogP contribution in [0.1, 0.15) is 57.6 Å². The summed E-state index contributed by atoms with van der Waals surface area (Å²) < 4.78 is 11.2. The highest BCUT2D eigenvalue weighted by Crippen LogP contribution is 2.53. The van der Waals surface area contributed by atoms with Crippen molar-refractivity contribution in [1.29, 1.82) is 0 Å². The average molecular weight is 345 g/mol. The van der Waals surface area contributed by atoms with Crippen molar-refractivity contribution in [2.24, 2.45) is 11.8 Å². The first kappa shape index (κ1) is 17.2. The van der Waals surface area contributed by atoms with Crippen LogP contribution < -0.4 is 15.0 Å². The SMILES string of the molecule is COc1cc2c(cc1OC)C1(C)CCCCC3(C)ONC1C(C2)C3C. The molecule has 0 spiro atoms. The highest BCUT2D eigenvalue weighted by atomic mass is 16.7. The number of rotatable bonds is 2. The van der Waals surface area contributed by atoms with Crippen molar-refractivity contribution in [2.75, 3.05) is 14.2 Å². The minimum atomic E-state index is -0.0690. The minimum Gasteiger partial charge on any atom is -0.493 e. The number of fused-ring (bicyclic) bond motifs is 5. The number of hydrogen-bond donors (Lipinski definition) is 1. The molecule has 5 unspecified atom stereocenters. The van der Waals surface area contributed by atoms with Gasteiger partial charge in [0.15, 0.2) is 11.5 Å². The van der Waals surface area contributed by atoms with Gasteiger partial charge in [-0.05, 0) is 61.3 Å². The second kappa shape index (κ2) is 5.88. The van der Waals surface area contributed by atoms with E-state index in [2.05, 4.69) is 38.4 Å². The molecule has 2 aliphatic heterocycles. The molecule has 4 aliphatic rings. The van der Waals surface area contributed by atoms with Crippen molar-refractivity contribution in [1.82, 2.24) is 5.48 Å². The van der Waals surface area contributed by atoms with Crippen molar-refractivity contribution in [2.45, 2.75) is 69.9 Å². The van der Waals surface area contributed by atoms with Gasteiger partial charge in [-0.2, -0.15) is 5.48 Å². The van der Waals surface area contributed by atoms with Crippen LogP contribution in [0.25, 0.3) is 0 Å². The molecular formula is C21H31NO3. The number of methoxy groups -OCH3 is 2. The Balaban J connectivity index is 1.88. The van der Waals surface area contributed by atoms with E-state index in [4.69, 9.17) is 14.3 Å². The van der Waals surface area contributed by atoms with Gasteiger partial charge in [0.25, 0.3) is 0 Å². The molecule has 5 atom stereocenters. The third kappa shape index (κ3) is 2.41. The highest BCUT2D eigenvalue weighted by Gasteiger charge is 2.55. The maximum Gasteiger partial charge on any atom is 0.161 e. The summed E-state index contributed by atoms with van der Waals surface area (Å²) in [5.41, 5.74) is 6.31. The number of hydroxylamine groups is 1. The molecule has 1 aromatic carbocycles. The van der Waals surface area contributed by atoms with Crippen LogP contribution >= 0.6 is 0 Å². The predicted molar refractivity (Wildman–Crippen MR) is 98.1 cm³/mol. The van der Waals surface area contributed by atoms with Gasteiger partial charge < -0.3 is 9.47 Å². The summed E-state index contributed by atoms with van der Waals surface area (Å²) in [4.78, 5) is 6.27. The standard InChI is InChI=1S/C21H31NO3/c1-13-15-10-14-11-17(23-4)18(24-5)12-16(14)20(2)8-6-7-9-21(13,3)25-22-19(15)20/h11-13,15,19,22H,6-10H2,1-5H3. The van der Waals surface area contributed by atoms with E-state index < -0.39 is 0 Å². The van der Waals surface area contributed by atoms with Gasteiger partial charge in [-0.25, -0.2) is 0 Å². The molecule has 0 amide bonds. The summed E-state index contributed by atoms with van der Waals surface area (Å²) in [5, 5.41) is 0. The fourth-order valence-corrected chi connectivity index (χ4v) is 5.60. The van der Waals surface area contributed by atoms with Crippen LogP contribution in [0.15, 0.2) is 12.1 Å². The Bertz CT molecular complexity index is 675. The van der Waals surface area contributed by atoms with E-state index in [-0.39, 0.29) is 11.0 Å². The van der Waals surface area contributed by atoms with Crippen molar-refractivity contribution in [3.63, 3.8) is 0 Å². The van der Waals surface area contributed by atoms with Crippen LogP contribution in [0.5, 0.6) is 11.5 Å². The lowest BCUT2D eigenvalue weighted by atomic mass is 9.58. The summed E-state index contributed by atoms with van der Waals surface area (Å²) in [6, 6.07) is 4.77. The fraction of sp³-hybridized carbons (Fsp3) is 0.714. The second-order valence-electron chi connectivity index (χ2n) is 8.66. The molecular weight excluding hydrogens is 314 g/mol. The van der Waals surface area contributed by atoms with Crippen molar-refractivity contribution >= 4 is 0 Å². The molecule has 0 radical (unpaired) electrons.